The highest BCUT2D eigenvalue weighted by Crippen LogP contribution is 2.34. The van der Waals surface area contributed by atoms with Crippen LogP contribution >= 0.6 is 0 Å². The summed E-state index contributed by atoms with van der Waals surface area (Å²) >= 11 is 0. The molecule has 3 rings (SSSR count). The van der Waals surface area contributed by atoms with Gasteiger partial charge in [0.05, 0.1) is 24.8 Å². The first-order valence-corrected chi connectivity index (χ1v) is 8.51. The molecular weight excluding hydrogens is 321 g/mol. The number of carbonyl (C=O) groups excluding carboxylic acids is 1. The van der Waals surface area contributed by atoms with E-state index in [1.165, 1.54) is 12.1 Å². The number of hydrogen-bond donors (Lipinski definition) is 1. The third-order valence-electron chi connectivity index (χ3n) is 4.20. The summed E-state index contributed by atoms with van der Waals surface area (Å²) in [6.45, 7) is 5.25. The Hall–Kier alpha value is -2.56. The van der Waals surface area contributed by atoms with E-state index < -0.39 is 11.7 Å². The summed E-state index contributed by atoms with van der Waals surface area (Å²) in [6.07, 6.45) is 0.835. The van der Waals surface area contributed by atoms with Crippen LogP contribution in [0.1, 0.15) is 42.2 Å². The lowest BCUT2D eigenvalue weighted by Gasteiger charge is -2.24. The van der Waals surface area contributed by atoms with Crippen LogP contribution in [0.25, 0.3) is 0 Å². The first kappa shape index (κ1) is 17.3. The lowest BCUT2D eigenvalue weighted by Crippen LogP contribution is -2.32. The number of carbonyl (C=O) groups is 1. The van der Waals surface area contributed by atoms with Crippen LogP contribution in [-0.2, 0) is 0 Å². The Balaban J connectivity index is 1.85. The second-order valence-electron chi connectivity index (χ2n) is 6.43. The fourth-order valence-corrected chi connectivity index (χ4v) is 2.87. The molecule has 1 amide bonds. The molecule has 0 saturated heterocycles. The van der Waals surface area contributed by atoms with E-state index in [4.69, 9.17) is 9.47 Å². The summed E-state index contributed by atoms with van der Waals surface area (Å²) in [6, 6.07) is 11.4. The molecule has 1 aliphatic heterocycles. The minimum Gasteiger partial charge on any atom is -0.490 e. The maximum Gasteiger partial charge on any atom is 0.254 e. The molecule has 5 heteroatoms. The molecule has 1 atom stereocenters. The Bertz CT molecular complexity index is 760. The fourth-order valence-electron chi connectivity index (χ4n) is 2.87. The topological polar surface area (TPSA) is 47.6 Å². The van der Waals surface area contributed by atoms with Crippen LogP contribution in [0.15, 0.2) is 42.5 Å². The Morgan fingerprint density at radius 3 is 2.52 bits per heavy atom. The van der Waals surface area contributed by atoms with Gasteiger partial charge in [0.1, 0.15) is 5.82 Å². The Kier molecular flexibility index (Phi) is 5.22. The first-order valence-electron chi connectivity index (χ1n) is 8.51. The zero-order valence-corrected chi connectivity index (χ0v) is 14.4. The predicted molar refractivity (Wildman–Crippen MR) is 93.5 cm³/mol. The zero-order chi connectivity index (χ0) is 17.8. The number of amides is 1. The van der Waals surface area contributed by atoms with Crippen molar-refractivity contribution in [3.8, 4) is 11.5 Å². The molecule has 4 nitrogen and oxygen atoms in total. The number of benzene rings is 2. The van der Waals surface area contributed by atoms with Crippen molar-refractivity contribution in [2.75, 3.05) is 13.2 Å². The lowest BCUT2D eigenvalue weighted by atomic mass is 9.95. The van der Waals surface area contributed by atoms with Gasteiger partial charge < -0.3 is 14.8 Å². The Morgan fingerprint density at radius 1 is 1.08 bits per heavy atom. The quantitative estimate of drug-likeness (QED) is 0.909. The van der Waals surface area contributed by atoms with Gasteiger partial charge >= 0.3 is 0 Å². The summed E-state index contributed by atoms with van der Waals surface area (Å²) in [5, 5.41) is 2.94. The van der Waals surface area contributed by atoms with Gasteiger partial charge in [-0.25, -0.2) is 4.39 Å². The number of halogens is 1. The van der Waals surface area contributed by atoms with E-state index in [0.717, 1.165) is 12.0 Å². The van der Waals surface area contributed by atoms with Crippen LogP contribution in [0.3, 0.4) is 0 Å². The average Bonchev–Trinajstić information content (AvgIpc) is 2.84. The first-order chi connectivity index (χ1) is 12.1. The van der Waals surface area contributed by atoms with Crippen molar-refractivity contribution in [2.45, 2.75) is 26.3 Å². The van der Waals surface area contributed by atoms with Gasteiger partial charge in [0.2, 0.25) is 0 Å². The van der Waals surface area contributed by atoms with E-state index in [2.05, 4.69) is 5.32 Å². The van der Waals surface area contributed by atoms with Crippen molar-refractivity contribution in [3.05, 3.63) is 59.4 Å². The van der Waals surface area contributed by atoms with Crippen LogP contribution in [0.2, 0.25) is 0 Å². The van der Waals surface area contributed by atoms with Gasteiger partial charge in [-0.15, -0.1) is 0 Å². The molecular formula is C20H22FNO3. The highest BCUT2D eigenvalue weighted by Gasteiger charge is 2.22. The van der Waals surface area contributed by atoms with Gasteiger partial charge in [0.15, 0.2) is 11.5 Å². The molecule has 2 aromatic carbocycles. The summed E-state index contributed by atoms with van der Waals surface area (Å²) in [5.41, 5.74) is 0.950. The molecule has 132 valence electrons. The largest absolute Gasteiger partial charge is 0.490 e. The average molecular weight is 343 g/mol. The zero-order valence-electron chi connectivity index (χ0n) is 14.4. The SMILES string of the molecule is CC(C)C(NC(=O)c1ccccc1F)c1ccc2c(c1)OCCCO2. The van der Waals surface area contributed by atoms with Crippen LogP contribution in [-0.4, -0.2) is 19.1 Å². The molecule has 0 bridgehead atoms. The van der Waals surface area contributed by atoms with Crippen LogP contribution < -0.4 is 14.8 Å². The third kappa shape index (κ3) is 3.92. The Labute approximate surface area is 147 Å². The number of rotatable bonds is 4. The molecule has 1 N–H and O–H groups in total. The molecule has 0 spiro atoms. The molecule has 1 unspecified atom stereocenters. The molecule has 1 aliphatic rings. The molecule has 0 aromatic heterocycles. The van der Waals surface area contributed by atoms with E-state index in [-0.39, 0.29) is 17.5 Å². The summed E-state index contributed by atoms with van der Waals surface area (Å²) in [4.78, 5) is 12.5. The van der Waals surface area contributed by atoms with Gasteiger partial charge in [-0.3, -0.25) is 4.79 Å². The number of nitrogens with one attached hydrogen (secondary N) is 1. The lowest BCUT2D eigenvalue weighted by molar-refractivity contribution is 0.0921. The summed E-state index contributed by atoms with van der Waals surface area (Å²) < 4.78 is 25.2. The maximum atomic E-state index is 13.9. The van der Waals surface area contributed by atoms with Crippen molar-refractivity contribution >= 4 is 5.91 Å². The number of ether oxygens (including phenoxy) is 2. The van der Waals surface area contributed by atoms with E-state index >= 15 is 0 Å². The molecule has 2 aromatic rings. The number of fused-ring (bicyclic) bond motifs is 1. The normalized spacial score (nSPS) is 14.7. The van der Waals surface area contributed by atoms with Crippen molar-refractivity contribution in [3.63, 3.8) is 0 Å². The molecule has 0 radical (unpaired) electrons. The molecule has 0 saturated carbocycles. The second-order valence-corrected chi connectivity index (χ2v) is 6.43. The van der Waals surface area contributed by atoms with Gasteiger partial charge in [0, 0.05) is 6.42 Å². The van der Waals surface area contributed by atoms with Crippen molar-refractivity contribution in [1.82, 2.24) is 5.32 Å². The summed E-state index contributed by atoms with van der Waals surface area (Å²) in [5.74, 6) is 0.565. The van der Waals surface area contributed by atoms with Crippen LogP contribution in [0.5, 0.6) is 11.5 Å². The molecule has 1 heterocycles. The standard InChI is InChI=1S/C20H22FNO3/c1-13(2)19(22-20(23)15-6-3-4-7-16(15)21)14-8-9-17-18(12-14)25-11-5-10-24-17/h3-4,6-9,12-13,19H,5,10-11H2,1-2H3,(H,22,23). The monoisotopic (exact) mass is 343 g/mol. The second kappa shape index (κ2) is 7.55. The van der Waals surface area contributed by atoms with E-state index in [9.17, 15) is 9.18 Å². The van der Waals surface area contributed by atoms with Crippen molar-refractivity contribution in [2.24, 2.45) is 5.92 Å². The van der Waals surface area contributed by atoms with Crippen LogP contribution in [0.4, 0.5) is 4.39 Å². The number of hydrogen-bond acceptors (Lipinski definition) is 3. The highest BCUT2D eigenvalue weighted by atomic mass is 19.1. The minimum absolute atomic E-state index is 0.0440. The maximum absolute atomic E-state index is 13.9. The van der Waals surface area contributed by atoms with E-state index in [0.29, 0.717) is 24.7 Å². The minimum atomic E-state index is -0.527. The Morgan fingerprint density at radius 2 is 1.80 bits per heavy atom. The smallest absolute Gasteiger partial charge is 0.254 e. The van der Waals surface area contributed by atoms with Crippen LogP contribution in [0, 0.1) is 11.7 Å². The van der Waals surface area contributed by atoms with Crippen molar-refractivity contribution < 1.29 is 18.7 Å². The molecule has 0 fully saturated rings. The van der Waals surface area contributed by atoms with Gasteiger partial charge in [-0.1, -0.05) is 32.0 Å². The van der Waals surface area contributed by atoms with Crippen molar-refractivity contribution in [1.29, 1.82) is 0 Å². The van der Waals surface area contributed by atoms with E-state index in [1.807, 2.05) is 32.0 Å². The predicted octanol–water partition coefficient (Wildman–Crippen LogP) is 4.11. The van der Waals surface area contributed by atoms with Gasteiger partial charge in [-0.2, -0.15) is 0 Å². The van der Waals surface area contributed by atoms with Gasteiger partial charge in [0.25, 0.3) is 5.91 Å². The highest BCUT2D eigenvalue weighted by molar-refractivity contribution is 5.94. The molecule has 0 aliphatic carbocycles. The molecule has 25 heavy (non-hydrogen) atoms. The van der Waals surface area contributed by atoms with E-state index in [1.54, 1.807) is 12.1 Å². The summed E-state index contributed by atoms with van der Waals surface area (Å²) in [7, 11) is 0. The third-order valence-corrected chi connectivity index (χ3v) is 4.20. The van der Waals surface area contributed by atoms with Gasteiger partial charge in [-0.05, 0) is 35.7 Å². The fraction of sp³-hybridized carbons (Fsp3) is 0.350.